The van der Waals surface area contributed by atoms with E-state index >= 15 is 0 Å². The molecule has 4 nitrogen and oxygen atoms in total. The number of halogens is 1. The Bertz CT molecular complexity index is 1230. The molecule has 6 heteroatoms. The number of thiazole rings is 1. The standard InChI is InChI=1S/C23H22FN3OS/c1-14(2)21(27-11-12-29-23(27)25)17-9-10-20(26-22(17)28-3)16-8-7-15-5-4-6-19(24)18(15)13-16/h4-14,21,25H,1-3H3. The number of hydrogen-bond acceptors (Lipinski definition) is 4. The molecule has 2 aromatic heterocycles. The molecule has 0 aliphatic carbocycles. The van der Waals surface area contributed by atoms with Crippen LogP contribution in [0.3, 0.4) is 0 Å². The number of fused-ring (bicyclic) bond motifs is 1. The zero-order valence-corrected chi connectivity index (χ0v) is 17.3. The van der Waals surface area contributed by atoms with Crippen LogP contribution < -0.4 is 9.54 Å². The third-order valence-electron chi connectivity index (χ3n) is 5.09. The molecule has 2 heterocycles. The van der Waals surface area contributed by atoms with Gasteiger partial charge in [-0.2, -0.15) is 0 Å². The Morgan fingerprint density at radius 1 is 1.14 bits per heavy atom. The second-order valence-electron chi connectivity index (χ2n) is 7.28. The molecule has 1 N–H and O–H groups in total. The van der Waals surface area contributed by atoms with Crippen LogP contribution in [0.15, 0.2) is 60.1 Å². The molecule has 0 saturated heterocycles. The third-order valence-corrected chi connectivity index (χ3v) is 5.79. The van der Waals surface area contributed by atoms with Crippen LogP contribution in [-0.2, 0) is 0 Å². The predicted molar refractivity (Wildman–Crippen MR) is 115 cm³/mol. The van der Waals surface area contributed by atoms with Crippen molar-refractivity contribution in [2.24, 2.45) is 5.92 Å². The quantitative estimate of drug-likeness (QED) is 0.466. The molecule has 148 valence electrons. The van der Waals surface area contributed by atoms with Crippen LogP contribution in [0.25, 0.3) is 22.0 Å². The summed E-state index contributed by atoms with van der Waals surface area (Å²) in [4.78, 5) is 5.21. The molecule has 2 aromatic carbocycles. The van der Waals surface area contributed by atoms with Crippen molar-refractivity contribution in [3.63, 3.8) is 0 Å². The molecule has 4 rings (SSSR count). The van der Waals surface area contributed by atoms with E-state index in [1.165, 1.54) is 17.4 Å². The number of pyridine rings is 1. The van der Waals surface area contributed by atoms with Crippen LogP contribution in [0.1, 0.15) is 25.5 Å². The van der Waals surface area contributed by atoms with Crippen molar-refractivity contribution in [1.29, 1.82) is 5.41 Å². The van der Waals surface area contributed by atoms with Gasteiger partial charge in [-0.3, -0.25) is 5.41 Å². The van der Waals surface area contributed by atoms with Gasteiger partial charge in [0.1, 0.15) is 5.82 Å². The number of rotatable bonds is 5. The Morgan fingerprint density at radius 2 is 1.97 bits per heavy atom. The number of nitrogens with zero attached hydrogens (tertiary/aromatic N) is 2. The van der Waals surface area contributed by atoms with E-state index in [1.54, 1.807) is 13.2 Å². The molecule has 29 heavy (non-hydrogen) atoms. The van der Waals surface area contributed by atoms with Crippen molar-refractivity contribution in [1.82, 2.24) is 9.55 Å². The average Bonchev–Trinajstić information content (AvgIpc) is 3.13. The number of nitrogens with one attached hydrogen (secondary N) is 1. The summed E-state index contributed by atoms with van der Waals surface area (Å²) in [7, 11) is 1.60. The lowest BCUT2D eigenvalue weighted by Gasteiger charge is -2.24. The maximum absolute atomic E-state index is 14.2. The van der Waals surface area contributed by atoms with E-state index < -0.39 is 0 Å². The van der Waals surface area contributed by atoms with Crippen LogP contribution >= 0.6 is 11.3 Å². The van der Waals surface area contributed by atoms with Crippen molar-refractivity contribution in [2.45, 2.75) is 19.9 Å². The highest BCUT2D eigenvalue weighted by Crippen LogP contribution is 2.34. The molecule has 0 fully saturated rings. The largest absolute Gasteiger partial charge is 0.481 e. The maximum atomic E-state index is 14.2. The molecule has 0 saturated carbocycles. The van der Waals surface area contributed by atoms with Gasteiger partial charge in [0.2, 0.25) is 5.88 Å². The van der Waals surface area contributed by atoms with Gasteiger partial charge < -0.3 is 9.30 Å². The summed E-state index contributed by atoms with van der Waals surface area (Å²) in [5.74, 6) is 0.521. The fourth-order valence-electron chi connectivity index (χ4n) is 3.73. The molecular formula is C23H22FN3OS. The number of aromatic nitrogens is 2. The Morgan fingerprint density at radius 3 is 2.66 bits per heavy atom. The SMILES string of the molecule is COc1nc(-c2ccc3cccc(F)c3c2)ccc1C(C(C)C)n1ccsc1=N. The van der Waals surface area contributed by atoms with E-state index in [1.807, 2.05) is 52.5 Å². The van der Waals surface area contributed by atoms with Gasteiger partial charge in [0.15, 0.2) is 4.80 Å². The smallest absolute Gasteiger partial charge is 0.218 e. The highest BCUT2D eigenvalue weighted by atomic mass is 32.1. The van der Waals surface area contributed by atoms with Crippen molar-refractivity contribution < 1.29 is 9.13 Å². The lowest BCUT2D eigenvalue weighted by atomic mass is 9.95. The fourth-order valence-corrected chi connectivity index (χ4v) is 4.35. The molecule has 0 amide bonds. The lowest BCUT2D eigenvalue weighted by molar-refractivity contribution is 0.364. The topological polar surface area (TPSA) is 50.9 Å². The highest BCUT2D eigenvalue weighted by molar-refractivity contribution is 7.06. The number of hydrogen-bond donors (Lipinski definition) is 1. The first kappa shape index (κ1) is 19.3. The molecule has 0 aliphatic heterocycles. The van der Waals surface area contributed by atoms with Crippen molar-refractivity contribution >= 4 is 22.1 Å². The average molecular weight is 408 g/mol. The first-order chi connectivity index (χ1) is 14.0. The number of methoxy groups -OCH3 is 1. The van der Waals surface area contributed by atoms with E-state index in [0.717, 1.165) is 22.2 Å². The number of benzene rings is 2. The molecule has 0 bridgehead atoms. The zero-order chi connectivity index (χ0) is 20.5. The molecule has 1 unspecified atom stereocenters. The van der Waals surface area contributed by atoms with Gasteiger partial charge >= 0.3 is 0 Å². The van der Waals surface area contributed by atoms with E-state index in [9.17, 15) is 4.39 Å². The van der Waals surface area contributed by atoms with Crippen LogP contribution in [0.5, 0.6) is 5.88 Å². The minimum Gasteiger partial charge on any atom is -0.481 e. The van der Waals surface area contributed by atoms with Crippen molar-refractivity contribution in [2.75, 3.05) is 7.11 Å². The summed E-state index contributed by atoms with van der Waals surface area (Å²) in [5, 5.41) is 11.5. The Hall–Kier alpha value is -2.99. The first-order valence-corrected chi connectivity index (χ1v) is 10.3. The number of ether oxygens (including phenoxy) is 1. The molecule has 1 atom stereocenters. The molecule has 0 radical (unpaired) electrons. The van der Waals surface area contributed by atoms with Crippen LogP contribution in [0, 0.1) is 17.1 Å². The van der Waals surface area contributed by atoms with Crippen molar-refractivity contribution in [3.05, 3.63) is 76.3 Å². The minimum atomic E-state index is -0.246. The predicted octanol–water partition coefficient (Wildman–Crippen LogP) is 5.64. The monoisotopic (exact) mass is 407 g/mol. The van der Waals surface area contributed by atoms with Gasteiger partial charge in [0, 0.05) is 28.1 Å². The third kappa shape index (κ3) is 3.56. The van der Waals surface area contributed by atoms with Gasteiger partial charge in [-0.25, -0.2) is 9.37 Å². The van der Waals surface area contributed by atoms with Gasteiger partial charge in [0.25, 0.3) is 0 Å². The second-order valence-corrected chi connectivity index (χ2v) is 8.17. The van der Waals surface area contributed by atoms with E-state index in [2.05, 4.69) is 13.8 Å². The normalized spacial score (nSPS) is 12.4. The second kappa shape index (κ2) is 7.79. The van der Waals surface area contributed by atoms with Gasteiger partial charge in [-0.1, -0.05) is 38.1 Å². The summed E-state index contributed by atoms with van der Waals surface area (Å²) >= 11 is 1.39. The van der Waals surface area contributed by atoms with Gasteiger partial charge in [-0.05, 0) is 35.6 Å². The summed E-state index contributed by atoms with van der Waals surface area (Å²) < 4.78 is 21.8. The minimum absolute atomic E-state index is 0.0562. The fraction of sp³-hybridized carbons (Fsp3) is 0.217. The summed E-state index contributed by atoms with van der Waals surface area (Å²) in [5.41, 5.74) is 2.48. The van der Waals surface area contributed by atoms with E-state index in [0.29, 0.717) is 16.1 Å². The molecule has 0 aliphatic rings. The Labute approximate surface area is 172 Å². The maximum Gasteiger partial charge on any atom is 0.218 e. The van der Waals surface area contributed by atoms with Crippen molar-refractivity contribution in [3.8, 4) is 17.1 Å². The van der Waals surface area contributed by atoms with Gasteiger partial charge in [-0.15, -0.1) is 11.3 Å². The van der Waals surface area contributed by atoms with Crippen LogP contribution in [0.2, 0.25) is 0 Å². The van der Waals surface area contributed by atoms with Crippen LogP contribution in [-0.4, -0.2) is 16.7 Å². The van der Waals surface area contributed by atoms with E-state index in [-0.39, 0.29) is 17.8 Å². The molecule has 4 aromatic rings. The zero-order valence-electron chi connectivity index (χ0n) is 16.5. The van der Waals surface area contributed by atoms with Gasteiger partial charge in [0.05, 0.1) is 18.8 Å². The Kier molecular flexibility index (Phi) is 5.20. The first-order valence-electron chi connectivity index (χ1n) is 9.43. The lowest BCUT2D eigenvalue weighted by Crippen LogP contribution is -2.25. The highest BCUT2D eigenvalue weighted by Gasteiger charge is 2.23. The molecular weight excluding hydrogens is 385 g/mol. The summed E-state index contributed by atoms with van der Waals surface area (Å²) in [6.07, 6.45) is 1.93. The Balaban J connectivity index is 1.82. The summed E-state index contributed by atoms with van der Waals surface area (Å²) in [6.45, 7) is 4.24. The van der Waals surface area contributed by atoms with Crippen LogP contribution in [0.4, 0.5) is 4.39 Å². The molecule has 0 spiro atoms. The van der Waals surface area contributed by atoms with E-state index in [4.69, 9.17) is 15.1 Å². The summed E-state index contributed by atoms with van der Waals surface area (Å²) in [6, 6.07) is 14.6.